The average molecular weight is 436 g/mol. The molecular formula is C17H22F6O6. The Kier molecular flexibility index (Phi) is 7.74. The minimum atomic E-state index is -5.58. The molecule has 1 aliphatic carbocycles. The summed E-state index contributed by atoms with van der Waals surface area (Å²) in [7, 11) is 0. The van der Waals surface area contributed by atoms with E-state index in [-0.39, 0.29) is 12.8 Å². The molecule has 0 aromatic heterocycles. The van der Waals surface area contributed by atoms with E-state index in [4.69, 9.17) is 0 Å². The summed E-state index contributed by atoms with van der Waals surface area (Å²) in [6.07, 6.45) is -12.3. The molecule has 0 radical (unpaired) electrons. The van der Waals surface area contributed by atoms with E-state index in [0.29, 0.717) is 0 Å². The number of alkyl halides is 6. The quantitative estimate of drug-likeness (QED) is 0.362. The number of carbonyl (C=O) groups is 2. The van der Waals surface area contributed by atoms with Gasteiger partial charge in [-0.2, -0.15) is 26.3 Å². The van der Waals surface area contributed by atoms with Gasteiger partial charge >= 0.3 is 24.3 Å². The highest BCUT2D eigenvalue weighted by atomic mass is 19.4. The molecule has 0 spiro atoms. The molecule has 0 heterocycles. The highest BCUT2D eigenvalue weighted by Gasteiger charge is 2.68. The molecule has 6 nitrogen and oxygen atoms in total. The standard InChI is InChI=1S/C17H22F6O6/c1-3-28-12(24)14(26,16(18,19)20)9-10-7-5-6-8-11(10)15(27,17(21,22)23)13(25)29-4-2/h7,11,26-27H,3-6,8-9H2,1-2H3/t11?,14-,15-/m0/s1. The maximum atomic E-state index is 13.6. The average Bonchev–Trinajstić information content (AvgIpc) is 2.59. The summed E-state index contributed by atoms with van der Waals surface area (Å²) in [4.78, 5) is 23.7. The van der Waals surface area contributed by atoms with Crippen molar-refractivity contribution in [2.75, 3.05) is 13.2 Å². The number of allylic oxidation sites excluding steroid dienone is 1. The lowest BCUT2D eigenvalue weighted by Crippen LogP contribution is -2.60. The number of hydrogen-bond acceptors (Lipinski definition) is 6. The Bertz CT molecular complexity index is 643. The SMILES string of the molecule is CCOC(=O)[C@@](O)(C1CCCC=C1C[C@](O)(C(=O)OCC)C(F)(F)F)C(F)(F)F. The van der Waals surface area contributed by atoms with Crippen LogP contribution in [0.4, 0.5) is 26.3 Å². The molecule has 12 heteroatoms. The molecule has 0 aliphatic heterocycles. The van der Waals surface area contributed by atoms with Crippen molar-refractivity contribution in [3.63, 3.8) is 0 Å². The largest absolute Gasteiger partial charge is 0.464 e. The van der Waals surface area contributed by atoms with Gasteiger partial charge in [0.25, 0.3) is 11.2 Å². The molecule has 0 aromatic carbocycles. The number of rotatable bonds is 7. The number of hydrogen-bond donors (Lipinski definition) is 2. The van der Waals surface area contributed by atoms with Crippen LogP contribution in [0.3, 0.4) is 0 Å². The van der Waals surface area contributed by atoms with E-state index in [1.54, 1.807) is 0 Å². The van der Waals surface area contributed by atoms with E-state index in [0.717, 1.165) is 6.08 Å². The van der Waals surface area contributed by atoms with Crippen LogP contribution in [0.25, 0.3) is 0 Å². The zero-order chi connectivity index (χ0) is 22.7. The van der Waals surface area contributed by atoms with Crippen molar-refractivity contribution in [1.29, 1.82) is 0 Å². The Morgan fingerprint density at radius 3 is 1.97 bits per heavy atom. The van der Waals surface area contributed by atoms with Gasteiger partial charge in [0.2, 0.25) is 0 Å². The Morgan fingerprint density at radius 1 is 1.00 bits per heavy atom. The number of aliphatic hydroxyl groups is 2. The van der Waals surface area contributed by atoms with Crippen LogP contribution in [0.2, 0.25) is 0 Å². The molecule has 0 amide bonds. The predicted octanol–water partition coefficient (Wildman–Crippen LogP) is 2.82. The molecule has 1 unspecified atom stereocenters. The molecule has 29 heavy (non-hydrogen) atoms. The molecule has 0 bridgehead atoms. The zero-order valence-corrected chi connectivity index (χ0v) is 15.7. The number of ether oxygens (including phenoxy) is 2. The van der Waals surface area contributed by atoms with E-state index >= 15 is 0 Å². The molecule has 3 atom stereocenters. The van der Waals surface area contributed by atoms with Crippen LogP contribution in [0.5, 0.6) is 0 Å². The van der Waals surface area contributed by atoms with E-state index < -0.39 is 73.0 Å². The van der Waals surface area contributed by atoms with Crippen molar-refractivity contribution in [2.24, 2.45) is 5.92 Å². The summed E-state index contributed by atoms with van der Waals surface area (Å²) in [6, 6.07) is 0. The maximum Gasteiger partial charge on any atom is 0.428 e. The third-order valence-electron chi connectivity index (χ3n) is 4.62. The van der Waals surface area contributed by atoms with Gasteiger partial charge in [-0.25, -0.2) is 9.59 Å². The maximum absolute atomic E-state index is 13.6. The van der Waals surface area contributed by atoms with Crippen molar-refractivity contribution in [3.8, 4) is 0 Å². The van der Waals surface area contributed by atoms with Crippen molar-refractivity contribution in [3.05, 3.63) is 11.6 Å². The Morgan fingerprint density at radius 2 is 1.52 bits per heavy atom. The number of halogens is 6. The van der Waals surface area contributed by atoms with Gasteiger partial charge in [0, 0.05) is 12.3 Å². The van der Waals surface area contributed by atoms with Gasteiger partial charge in [-0.1, -0.05) is 11.6 Å². The number of esters is 2. The van der Waals surface area contributed by atoms with E-state index in [1.807, 2.05) is 0 Å². The minimum absolute atomic E-state index is 0.0236. The summed E-state index contributed by atoms with van der Waals surface area (Å²) in [5, 5.41) is 20.3. The third-order valence-corrected chi connectivity index (χ3v) is 4.62. The highest BCUT2D eigenvalue weighted by Crippen LogP contribution is 2.48. The fraction of sp³-hybridized carbons (Fsp3) is 0.765. The van der Waals surface area contributed by atoms with Crippen LogP contribution in [-0.4, -0.2) is 58.9 Å². The molecule has 0 saturated heterocycles. The van der Waals surface area contributed by atoms with Gasteiger partial charge in [-0.15, -0.1) is 0 Å². The molecule has 0 aromatic rings. The van der Waals surface area contributed by atoms with Crippen molar-refractivity contribution in [1.82, 2.24) is 0 Å². The minimum Gasteiger partial charge on any atom is -0.464 e. The summed E-state index contributed by atoms with van der Waals surface area (Å²) in [6.45, 7) is 1.34. The summed E-state index contributed by atoms with van der Waals surface area (Å²) in [5.41, 5.74) is -9.03. The summed E-state index contributed by atoms with van der Waals surface area (Å²) < 4.78 is 89.7. The van der Waals surface area contributed by atoms with Gasteiger partial charge < -0.3 is 19.7 Å². The van der Waals surface area contributed by atoms with Crippen LogP contribution in [0, 0.1) is 5.92 Å². The van der Waals surface area contributed by atoms with Gasteiger partial charge in [0.15, 0.2) is 0 Å². The molecule has 2 N–H and O–H groups in total. The second-order valence-electron chi connectivity index (χ2n) is 6.50. The first-order valence-corrected chi connectivity index (χ1v) is 8.78. The van der Waals surface area contributed by atoms with Crippen LogP contribution in [0.1, 0.15) is 39.5 Å². The van der Waals surface area contributed by atoms with E-state index in [2.05, 4.69) is 9.47 Å². The lowest BCUT2D eigenvalue weighted by Gasteiger charge is -2.40. The lowest BCUT2D eigenvalue weighted by molar-refractivity contribution is -0.279. The highest BCUT2D eigenvalue weighted by molar-refractivity contribution is 5.83. The smallest absolute Gasteiger partial charge is 0.428 e. The van der Waals surface area contributed by atoms with Crippen LogP contribution in [0.15, 0.2) is 11.6 Å². The first-order chi connectivity index (χ1) is 13.2. The molecule has 1 aliphatic rings. The second-order valence-corrected chi connectivity index (χ2v) is 6.50. The third kappa shape index (κ3) is 4.85. The first kappa shape index (κ1) is 25.2. The topological polar surface area (TPSA) is 93.1 Å². The normalized spacial score (nSPS) is 22.1. The van der Waals surface area contributed by atoms with Crippen molar-refractivity contribution < 1.29 is 55.6 Å². The van der Waals surface area contributed by atoms with Gasteiger partial charge in [0.05, 0.1) is 13.2 Å². The van der Waals surface area contributed by atoms with E-state index in [9.17, 15) is 46.1 Å². The predicted molar refractivity (Wildman–Crippen MR) is 85.3 cm³/mol. The molecule has 0 fully saturated rings. The molecule has 168 valence electrons. The van der Waals surface area contributed by atoms with Crippen molar-refractivity contribution >= 4 is 11.9 Å². The fourth-order valence-electron chi connectivity index (χ4n) is 3.14. The fourth-order valence-corrected chi connectivity index (χ4v) is 3.14. The van der Waals surface area contributed by atoms with Gasteiger partial charge in [-0.05, 0) is 33.1 Å². The summed E-state index contributed by atoms with van der Waals surface area (Å²) in [5.74, 6) is -6.35. The van der Waals surface area contributed by atoms with Crippen LogP contribution < -0.4 is 0 Å². The Hall–Kier alpha value is -1.82. The Labute approximate surface area is 162 Å². The molecule has 0 saturated carbocycles. The van der Waals surface area contributed by atoms with Crippen LogP contribution in [-0.2, 0) is 19.1 Å². The van der Waals surface area contributed by atoms with Gasteiger partial charge in [-0.3, -0.25) is 0 Å². The van der Waals surface area contributed by atoms with Crippen LogP contribution >= 0.6 is 0 Å². The second kappa shape index (κ2) is 8.90. The number of carbonyl (C=O) groups excluding carboxylic acids is 2. The zero-order valence-electron chi connectivity index (χ0n) is 15.7. The lowest BCUT2D eigenvalue weighted by atomic mass is 9.71. The van der Waals surface area contributed by atoms with Gasteiger partial charge in [0.1, 0.15) is 0 Å². The molecular weight excluding hydrogens is 414 g/mol. The molecule has 1 rings (SSSR count). The monoisotopic (exact) mass is 436 g/mol. The summed E-state index contributed by atoms with van der Waals surface area (Å²) >= 11 is 0. The van der Waals surface area contributed by atoms with E-state index in [1.165, 1.54) is 13.8 Å². The Balaban J connectivity index is 3.46. The van der Waals surface area contributed by atoms with Crippen molar-refractivity contribution in [2.45, 2.75) is 63.1 Å². The first-order valence-electron chi connectivity index (χ1n) is 8.78.